The van der Waals surface area contributed by atoms with E-state index in [2.05, 4.69) is 11.8 Å². The summed E-state index contributed by atoms with van der Waals surface area (Å²) in [6.07, 6.45) is 0.677. The van der Waals surface area contributed by atoms with E-state index in [-0.39, 0.29) is 5.75 Å². The van der Waals surface area contributed by atoms with Crippen LogP contribution in [0.4, 0.5) is 0 Å². The molecular weight excluding hydrogens is 272 g/mol. The van der Waals surface area contributed by atoms with E-state index in [0.29, 0.717) is 18.9 Å². The number of phenolic OH excluding ortho intramolecular Hbond substituents is 1. The number of halogens is 1. The number of alkyl halides is 1. The summed E-state index contributed by atoms with van der Waals surface area (Å²) in [7, 11) is 0. The van der Waals surface area contributed by atoms with Crippen molar-refractivity contribution in [2.45, 2.75) is 13.0 Å². The largest absolute Gasteiger partial charge is 0.508 e. The molecule has 2 nitrogen and oxygen atoms in total. The predicted octanol–water partition coefficient (Wildman–Crippen LogP) is 3.95. The third kappa shape index (κ3) is 4.53. The van der Waals surface area contributed by atoms with Crippen LogP contribution < -0.4 is 4.74 Å². The molecule has 0 heterocycles. The monoisotopic (exact) mass is 286 g/mol. The van der Waals surface area contributed by atoms with Crippen molar-refractivity contribution in [2.24, 2.45) is 0 Å². The molecular formula is C17H15ClO2. The van der Waals surface area contributed by atoms with Gasteiger partial charge in [0.15, 0.2) is 0 Å². The fourth-order valence-corrected chi connectivity index (χ4v) is 1.78. The smallest absolute Gasteiger partial charge is 0.121 e. The summed E-state index contributed by atoms with van der Waals surface area (Å²) in [4.78, 5) is 0. The van der Waals surface area contributed by atoms with Gasteiger partial charge in [0.25, 0.3) is 0 Å². The van der Waals surface area contributed by atoms with Crippen LogP contribution in [0.2, 0.25) is 0 Å². The van der Waals surface area contributed by atoms with E-state index in [0.717, 1.165) is 16.9 Å². The highest BCUT2D eigenvalue weighted by Gasteiger charge is 1.98. The first kappa shape index (κ1) is 14.3. The van der Waals surface area contributed by atoms with Crippen LogP contribution >= 0.6 is 11.6 Å². The number of aromatic hydroxyl groups is 1. The van der Waals surface area contributed by atoms with Gasteiger partial charge in [0, 0.05) is 17.9 Å². The second kappa shape index (κ2) is 7.47. The minimum absolute atomic E-state index is 0.242. The van der Waals surface area contributed by atoms with Crippen LogP contribution in [-0.4, -0.2) is 11.0 Å². The van der Waals surface area contributed by atoms with Gasteiger partial charge in [0.1, 0.15) is 18.1 Å². The van der Waals surface area contributed by atoms with Gasteiger partial charge in [0.05, 0.1) is 0 Å². The number of rotatable bonds is 4. The first-order valence-electron chi connectivity index (χ1n) is 6.33. The Labute approximate surface area is 124 Å². The van der Waals surface area contributed by atoms with E-state index < -0.39 is 0 Å². The van der Waals surface area contributed by atoms with Gasteiger partial charge < -0.3 is 9.84 Å². The van der Waals surface area contributed by atoms with Crippen LogP contribution in [0.5, 0.6) is 11.5 Å². The second-order valence-corrected chi connectivity index (χ2v) is 4.61. The van der Waals surface area contributed by atoms with E-state index in [4.69, 9.17) is 16.3 Å². The Morgan fingerprint density at radius 3 is 2.75 bits per heavy atom. The van der Waals surface area contributed by atoms with Crippen molar-refractivity contribution < 1.29 is 9.84 Å². The fourth-order valence-electron chi connectivity index (χ4n) is 1.69. The van der Waals surface area contributed by atoms with E-state index in [1.54, 1.807) is 18.2 Å². The molecule has 102 valence electrons. The van der Waals surface area contributed by atoms with E-state index in [1.165, 1.54) is 0 Å². The Balaban J connectivity index is 2.00. The van der Waals surface area contributed by atoms with Crippen LogP contribution in [0.3, 0.4) is 0 Å². The lowest BCUT2D eigenvalue weighted by Crippen LogP contribution is -1.95. The van der Waals surface area contributed by atoms with Crippen LogP contribution in [0.15, 0.2) is 48.5 Å². The van der Waals surface area contributed by atoms with Crippen molar-refractivity contribution >= 4 is 11.6 Å². The zero-order valence-corrected chi connectivity index (χ0v) is 11.7. The Kier molecular flexibility index (Phi) is 5.34. The molecule has 0 atom stereocenters. The summed E-state index contributed by atoms with van der Waals surface area (Å²) in [5.74, 6) is 7.57. The van der Waals surface area contributed by atoms with Crippen molar-refractivity contribution in [3.05, 3.63) is 59.7 Å². The van der Waals surface area contributed by atoms with Gasteiger partial charge in [-0.05, 0) is 35.9 Å². The molecule has 0 aromatic heterocycles. The molecule has 0 fully saturated rings. The maximum absolute atomic E-state index is 9.39. The summed E-state index contributed by atoms with van der Waals surface area (Å²) >= 11 is 5.58. The Hall–Kier alpha value is -2.11. The molecule has 0 aliphatic heterocycles. The molecule has 0 saturated heterocycles. The SMILES string of the molecule is Oc1cccc(COc2cccc(C#CCCCl)c2)c1. The summed E-state index contributed by atoms with van der Waals surface area (Å²) in [6.45, 7) is 0.410. The molecule has 3 heteroatoms. The molecule has 0 radical (unpaired) electrons. The first-order chi connectivity index (χ1) is 9.78. The first-order valence-corrected chi connectivity index (χ1v) is 6.87. The molecule has 0 saturated carbocycles. The topological polar surface area (TPSA) is 29.5 Å². The molecule has 0 aliphatic rings. The molecule has 0 bridgehead atoms. The highest BCUT2D eigenvalue weighted by atomic mass is 35.5. The van der Waals surface area contributed by atoms with Crippen LogP contribution in [-0.2, 0) is 6.61 Å². The fraction of sp³-hybridized carbons (Fsp3) is 0.176. The van der Waals surface area contributed by atoms with Gasteiger partial charge in [-0.1, -0.05) is 30.0 Å². The van der Waals surface area contributed by atoms with Gasteiger partial charge in [-0.25, -0.2) is 0 Å². The molecule has 0 spiro atoms. The van der Waals surface area contributed by atoms with Gasteiger partial charge in [-0.2, -0.15) is 0 Å². The number of hydrogen-bond acceptors (Lipinski definition) is 2. The number of ether oxygens (including phenoxy) is 1. The maximum Gasteiger partial charge on any atom is 0.121 e. The number of phenols is 1. The average molecular weight is 287 g/mol. The van der Waals surface area contributed by atoms with Gasteiger partial charge in [-0.3, -0.25) is 0 Å². The maximum atomic E-state index is 9.39. The predicted molar refractivity (Wildman–Crippen MR) is 81.1 cm³/mol. The molecule has 0 aliphatic carbocycles. The third-order valence-corrected chi connectivity index (χ3v) is 2.79. The Morgan fingerprint density at radius 2 is 1.95 bits per heavy atom. The number of hydrogen-bond donors (Lipinski definition) is 1. The van der Waals surface area contributed by atoms with Crippen LogP contribution in [0.1, 0.15) is 17.5 Å². The van der Waals surface area contributed by atoms with E-state index >= 15 is 0 Å². The minimum atomic E-state index is 0.242. The molecule has 0 unspecified atom stereocenters. The van der Waals surface area contributed by atoms with E-state index in [9.17, 15) is 5.11 Å². The van der Waals surface area contributed by atoms with Gasteiger partial charge in [0.2, 0.25) is 0 Å². The van der Waals surface area contributed by atoms with Crippen molar-refractivity contribution in [2.75, 3.05) is 5.88 Å². The molecule has 2 aromatic carbocycles. The van der Waals surface area contributed by atoms with Gasteiger partial charge >= 0.3 is 0 Å². The second-order valence-electron chi connectivity index (χ2n) is 4.23. The lowest BCUT2D eigenvalue weighted by atomic mass is 10.2. The van der Waals surface area contributed by atoms with Gasteiger partial charge in [-0.15, -0.1) is 11.6 Å². The summed E-state index contributed by atoms with van der Waals surface area (Å²) in [6, 6.07) is 14.6. The Morgan fingerprint density at radius 1 is 1.10 bits per heavy atom. The third-order valence-electron chi connectivity index (χ3n) is 2.60. The van der Waals surface area contributed by atoms with Crippen molar-refractivity contribution in [1.82, 2.24) is 0 Å². The zero-order chi connectivity index (χ0) is 14.2. The lowest BCUT2D eigenvalue weighted by molar-refractivity contribution is 0.305. The highest BCUT2D eigenvalue weighted by Crippen LogP contribution is 2.16. The molecule has 0 amide bonds. The Bertz CT molecular complexity index is 626. The van der Waals surface area contributed by atoms with Crippen molar-refractivity contribution in [3.8, 4) is 23.3 Å². The minimum Gasteiger partial charge on any atom is -0.508 e. The van der Waals surface area contributed by atoms with Crippen LogP contribution in [0.25, 0.3) is 0 Å². The molecule has 20 heavy (non-hydrogen) atoms. The molecule has 2 aromatic rings. The molecule has 2 rings (SSSR count). The zero-order valence-electron chi connectivity index (χ0n) is 11.0. The highest BCUT2D eigenvalue weighted by molar-refractivity contribution is 6.18. The summed E-state index contributed by atoms with van der Waals surface area (Å²) < 4.78 is 5.69. The van der Waals surface area contributed by atoms with Crippen molar-refractivity contribution in [1.29, 1.82) is 0 Å². The standard InChI is InChI=1S/C17H15ClO2/c18-10-2-1-5-14-6-4-9-17(12-14)20-13-15-7-3-8-16(19)11-15/h3-4,6-9,11-12,19H,2,10,13H2. The number of benzene rings is 2. The summed E-state index contributed by atoms with van der Waals surface area (Å²) in [5.41, 5.74) is 1.83. The van der Waals surface area contributed by atoms with Crippen molar-refractivity contribution in [3.63, 3.8) is 0 Å². The normalized spacial score (nSPS) is 9.65. The summed E-state index contributed by atoms with van der Waals surface area (Å²) in [5, 5.41) is 9.39. The lowest BCUT2D eigenvalue weighted by Gasteiger charge is -2.06. The van der Waals surface area contributed by atoms with E-state index in [1.807, 2.05) is 30.3 Å². The van der Waals surface area contributed by atoms with Crippen LogP contribution in [0, 0.1) is 11.8 Å². The molecule has 1 N–H and O–H groups in total. The quantitative estimate of drug-likeness (QED) is 0.681. The average Bonchev–Trinajstić information content (AvgIpc) is 2.46.